The Bertz CT molecular complexity index is 500. The van der Waals surface area contributed by atoms with Gasteiger partial charge >= 0.3 is 0 Å². The van der Waals surface area contributed by atoms with Crippen LogP contribution in [0.3, 0.4) is 0 Å². The highest BCUT2D eigenvalue weighted by atomic mass is 16.5. The van der Waals surface area contributed by atoms with E-state index in [4.69, 9.17) is 4.74 Å². The van der Waals surface area contributed by atoms with Gasteiger partial charge in [-0.05, 0) is 12.1 Å². The minimum atomic E-state index is -0.222. The zero-order valence-corrected chi connectivity index (χ0v) is 10.6. The first-order chi connectivity index (χ1) is 9.31. The van der Waals surface area contributed by atoms with Crippen LogP contribution in [0.25, 0.3) is 0 Å². The highest BCUT2D eigenvalue weighted by Gasteiger charge is 2.18. The van der Waals surface area contributed by atoms with Gasteiger partial charge in [0.25, 0.3) is 5.91 Å². The summed E-state index contributed by atoms with van der Waals surface area (Å²) in [5, 5.41) is 6.25. The van der Waals surface area contributed by atoms with E-state index in [1.807, 2.05) is 18.2 Å². The van der Waals surface area contributed by atoms with Crippen molar-refractivity contribution in [1.29, 1.82) is 0 Å². The van der Waals surface area contributed by atoms with Crippen LogP contribution < -0.4 is 0 Å². The lowest BCUT2D eigenvalue weighted by molar-refractivity contribution is 0.0666. The van der Waals surface area contributed by atoms with E-state index >= 15 is 0 Å². The molecule has 0 bridgehead atoms. The molecule has 7 nitrogen and oxygen atoms in total. The molecule has 0 atom stereocenters. The summed E-state index contributed by atoms with van der Waals surface area (Å²) < 4.78 is 5.02. The third kappa shape index (κ3) is 3.59. The number of ether oxygens (including phenoxy) is 1. The number of carbonyl (C=O) groups excluding carboxylic acids is 1. The molecule has 2 aromatic rings. The molecule has 7 heteroatoms. The van der Waals surface area contributed by atoms with Crippen LogP contribution in [0.2, 0.25) is 0 Å². The average molecular weight is 261 g/mol. The lowest BCUT2D eigenvalue weighted by atomic mass is 10.3. The van der Waals surface area contributed by atoms with Gasteiger partial charge < -0.3 is 9.64 Å². The third-order valence-corrected chi connectivity index (χ3v) is 2.55. The molecule has 1 N–H and O–H groups in total. The maximum absolute atomic E-state index is 12.2. The predicted molar refractivity (Wildman–Crippen MR) is 67.2 cm³/mol. The molecule has 2 aromatic heterocycles. The Kier molecular flexibility index (Phi) is 4.57. The van der Waals surface area contributed by atoms with E-state index in [9.17, 15) is 4.79 Å². The summed E-state index contributed by atoms with van der Waals surface area (Å²) in [4.78, 5) is 21.9. The summed E-state index contributed by atoms with van der Waals surface area (Å²) in [6.07, 6.45) is 3.01. The molecule has 0 aliphatic rings. The highest BCUT2D eigenvalue weighted by Crippen LogP contribution is 2.05. The van der Waals surface area contributed by atoms with Crippen molar-refractivity contribution in [3.05, 3.63) is 42.2 Å². The minimum Gasteiger partial charge on any atom is -0.383 e. The Labute approximate surface area is 110 Å². The topological polar surface area (TPSA) is 84.0 Å². The number of nitrogens with one attached hydrogen (secondary N) is 1. The molecule has 0 saturated carbocycles. The van der Waals surface area contributed by atoms with Gasteiger partial charge in [-0.1, -0.05) is 6.07 Å². The first-order valence-electron chi connectivity index (χ1n) is 5.84. The van der Waals surface area contributed by atoms with Crippen molar-refractivity contribution in [3.8, 4) is 0 Å². The van der Waals surface area contributed by atoms with Crippen LogP contribution in [0.1, 0.15) is 16.3 Å². The van der Waals surface area contributed by atoms with Crippen LogP contribution in [-0.2, 0) is 11.3 Å². The van der Waals surface area contributed by atoms with Gasteiger partial charge in [-0.3, -0.25) is 14.9 Å². The number of aromatic nitrogens is 4. The molecule has 0 unspecified atom stereocenters. The SMILES string of the molecule is COCCN(Cc1ccccn1)C(=O)c1ncn[nH]1. The molecular formula is C12H15N5O2. The summed E-state index contributed by atoms with van der Waals surface area (Å²) in [7, 11) is 1.60. The van der Waals surface area contributed by atoms with E-state index in [1.165, 1.54) is 6.33 Å². The Balaban J connectivity index is 2.09. The van der Waals surface area contributed by atoms with Gasteiger partial charge in [-0.25, -0.2) is 4.98 Å². The van der Waals surface area contributed by atoms with Crippen LogP contribution in [0.4, 0.5) is 0 Å². The summed E-state index contributed by atoms with van der Waals surface area (Å²) in [5.41, 5.74) is 0.812. The van der Waals surface area contributed by atoms with Gasteiger partial charge in [0.2, 0.25) is 5.82 Å². The molecule has 1 amide bonds. The number of hydrogen-bond donors (Lipinski definition) is 1. The quantitative estimate of drug-likeness (QED) is 0.818. The highest BCUT2D eigenvalue weighted by molar-refractivity contribution is 5.90. The number of methoxy groups -OCH3 is 1. The van der Waals surface area contributed by atoms with Gasteiger partial charge in [0.05, 0.1) is 18.8 Å². The van der Waals surface area contributed by atoms with E-state index in [-0.39, 0.29) is 11.7 Å². The molecular weight excluding hydrogens is 246 g/mol. The molecule has 0 aromatic carbocycles. The van der Waals surface area contributed by atoms with Gasteiger partial charge in [-0.15, -0.1) is 0 Å². The van der Waals surface area contributed by atoms with Crippen molar-refractivity contribution in [2.24, 2.45) is 0 Å². The third-order valence-electron chi connectivity index (χ3n) is 2.55. The standard InChI is InChI=1S/C12H15N5O2/c1-19-7-6-17(8-10-4-2-3-5-13-10)12(18)11-14-9-15-16-11/h2-5,9H,6-8H2,1H3,(H,14,15,16). The van der Waals surface area contributed by atoms with Gasteiger partial charge in [0.1, 0.15) is 6.33 Å². The second kappa shape index (κ2) is 6.60. The number of carbonyl (C=O) groups is 1. The zero-order chi connectivity index (χ0) is 13.5. The monoisotopic (exact) mass is 261 g/mol. The molecule has 19 heavy (non-hydrogen) atoms. The van der Waals surface area contributed by atoms with Crippen LogP contribution in [0, 0.1) is 0 Å². The number of nitrogens with zero attached hydrogens (tertiary/aromatic N) is 4. The molecule has 0 fully saturated rings. The largest absolute Gasteiger partial charge is 0.383 e. The Morgan fingerprint density at radius 1 is 1.42 bits per heavy atom. The number of aromatic amines is 1. The zero-order valence-electron chi connectivity index (χ0n) is 10.6. The normalized spacial score (nSPS) is 10.4. The minimum absolute atomic E-state index is 0.215. The lowest BCUT2D eigenvalue weighted by Crippen LogP contribution is -2.34. The second-order valence-electron chi connectivity index (χ2n) is 3.87. The number of H-pyrrole nitrogens is 1. The Morgan fingerprint density at radius 3 is 2.95 bits per heavy atom. The smallest absolute Gasteiger partial charge is 0.291 e. The van der Waals surface area contributed by atoms with E-state index in [0.717, 1.165) is 5.69 Å². The number of hydrogen-bond acceptors (Lipinski definition) is 5. The van der Waals surface area contributed by atoms with Gasteiger partial charge in [0, 0.05) is 19.9 Å². The van der Waals surface area contributed by atoms with Crippen LogP contribution >= 0.6 is 0 Å². The van der Waals surface area contributed by atoms with E-state index < -0.39 is 0 Å². The van der Waals surface area contributed by atoms with Crippen LogP contribution in [0.15, 0.2) is 30.7 Å². The molecule has 2 heterocycles. The van der Waals surface area contributed by atoms with Crippen molar-refractivity contribution >= 4 is 5.91 Å². The fraction of sp³-hybridized carbons (Fsp3) is 0.333. The molecule has 0 spiro atoms. The fourth-order valence-corrected chi connectivity index (χ4v) is 1.60. The molecule has 0 aliphatic carbocycles. The van der Waals surface area contributed by atoms with Gasteiger partial charge in [-0.2, -0.15) is 5.10 Å². The average Bonchev–Trinajstić information content (AvgIpc) is 2.98. The van der Waals surface area contributed by atoms with Crippen molar-refractivity contribution in [1.82, 2.24) is 25.1 Å². The van der Waals surface area contributed by atoms with Crippen LogP contribution in [0.5, 0.6) is 0 Å². The van der Waals surface area contributed by atoms with E-state index in [0.29, 0.717) is 19.7 Å². The Morgan fingerprint density at radius 2 is 2.32 bits per heavy atom. The predicted octanol–water partition coefficient (Wildman–Crippen LogP) is 0.489. The second-order valence-corrected chi connectivity index (χ2v) is 3.87. The lowest BCUT2D eigenvalue weighted by Gasteiger charge is -2.20. The summed E-state index contributed by atoms with van der Waals surface area (Å²) >= 11 is 0. The first kappa shape index (κ1) is 13.2. The summed E-state index contributed by atoms with van der Waals surface area (Å²) in [6.45, 7) is 1.32. The fourth-order valence-electron chi connectivity index (χ4n) is 1.60. The molecule has 0 aliphatic heterocycles. The number of amides is 1. The Hall–Kier alpha value is -2.28. The number of pyridine rings is 1. The van der Waals surface area contributed by atoms with E-state index in [2.05, 4.69) is 20.2 Å². The molecule has 100 valence electrons. The number of rotatable bonds is 6. The maximum atomic E-state index is 12.2. The van der Waals surface area contributed by atoms with Crippen LogP contribution in [-0.4, -0.2) is 51.2 Å². The van der Waals surface area contributed by atoms with Crippen molar-refractivity contribution in [3.63, 3.8) is 0 Å². The van der Waals surface area contributed by atoms with Crippen molar-refractivity contribution < 1.29 is 9.53 Å². The first-order valence-corrected chi connectivity index (χ1v) is 5.84. The molecule has 2 rings (SSSR count). The van der Waals surface area contributed by atoms with Crippen molar-refractivity contribution in [2.75, 3.05) is 20.3 Å². The van der Waals surface area contributed by atoms with E-state index in [1.54, 1.807) is 18.2 Å². The molecule has 0 radical (unpaired) electrons. The van der Waals surface area contributed by atoms with Crippen molar-refractivity contribution in [2.45, 2.75) is 6.54 Å². The summed E-state index contributed by atoms with van der Waals surface area (Å²) in [5.74, 6) is -0.00719. The summed E-state index contributed by atoms with van der Waals surface area (Å²) in [6, 6.07) is 5.59. The maximum Gasteiger partial charge on any atom is 0.291 e. The van der Waals surface area contributed by atoms with Gasteiger partial charge in [0.15, 0.2) is 0 Å². The molecule has 0 saturated heterocycles.